The zero-order chi connectivity index (χ0) is 12.4. The Morgan fingerprint density at radius 2 is 2.06 bits per heavy atom. The maximum Gasteiger partial charge on any atom is 0.0964 e. The second kappa shape index (κ2) is 5.18. The molecule has 0 bridgehead atoms. The normalized spacial score (nSPS) is 12.9. The molecule has 0 aliphatic carbocycles. The van der Waals surface area contributed by atoms with Crippen molar-refractivity contribution in [2.75, 3.05) is 0 Å². The highest BCUT2D eigenvalue weighted by atomic mass is 32.1. The van der Waals surface area contributed by atoms with Crippen LogP contribution in [0.1, 0.15) is 10.6 Å². The van der Waals surface area contributed by atoms with Gasteiger partial charge in [0.05, 0.1) is 21.3 Å². The molecule has 1 N–H and O–H groups in total. The summed E-state index contributed by atoms with van der Waals surface area (Å²) in [7, 11) is 0. The molecule has 2 aromatic heterocycles. The van der Waals surface area contributed by atoms with Crippen LogP contribution in [0.15, 0.2) is 41.1 Å². The minimum absolute atomic E-state index is 0.347. The molecule has 0 saturated heterocycles. The van der Waals surface area contributed by atoms with Crippen LogP contribution in [-0.4, -0.2) is 16.2 Å². The second-order valence-electron chi connectivity index (χ2n) is 4.27. The smallest absolute Gasteiger partial charge is 0.0964 e. The first-order valence-electron chi connectivity index (χ1n) is 5.85. The maximum atomic E-state index is 10.1. The molecule has 92 valence electrons. The molecular formula is C14H13NOS2. The zero-order valence-corrected chi connectivity index (χ0v) is 11.4. The highest BCUT2D eigenvalue weighted by molar-refractivity contribution is 7.18. The van der Waals surface area contributed by atoms with Crippen molar-refractivity contribution in [3.63, 3.8) is 0 Å². The van der Waals surface area contributed by atoms with Crippen LogP contribution in [0.2, 0.25) is 0 Å². The van der Waals surface area contributed by atoms with Crippen LogP contribution in [0, 0.1) is 0 Å². The van der Waals surface area contributed by atoms with Gasteiger partial charge in [-0.25, -0.2) is 4.98 Å². The molecule has 2 heterocycles. The van der Waals surface area contributed by atoms with Crippen LogP contribution in [0.5, 0.6) is 0 Å². The van der Waals surface area contributed by atoms with E-state index in [9.17, 15) is 5.11 Å². The van der Waals surface area contributed by atoms with Crippen molar-refractivity contribution in [3.05, 3.63) is 51.7 Å². The first-order chi connectivity index (χ1) is 8.81. The van der Waals surface area contributed by atoms with Crippen molar-refractivity contribution >= 4 is 32.9 Å². The number of benzene rings is 1. The Labute approximate surface area is 114 Å². The molecule has 0 amide bonds. The summed E-state index contributed by atoms with van der Waals surface area (Å²) in [6.07, 6.45) is 0.995. The molecule has 2 nitrogen and oxygen atoms in total. The van der Waals surface area contributed by atoms with Gasteiger partial charge in [-0.15, -0.1) is 11.3 Å². The molecule has 18 heavy (non-hydrogen) atoms. The largest absolute Gasteiger partial charge is 0.392 e. The number of aliphatic hydroxyl groups excluding tert-OH is 1. The van der Waals surface area contributed by atoms with Gasteiger partial charge in [-0.2, -0.15) is 11.3 Å². The van der Waals surface area contributed by atoms with Crippen LogP contribution < -0.4 is 0 Å². The number of fused-ring (bicyclic) bond motifs is 1. The van der Waals surface area contributed by atoms with E-state index >= 15 is 0 Å². The summed E-state index contributed by atoms with van der Waals surface area (Å²) < 4.78 is 1.19. The number of para-hydroxylation sites is 1. The summed E-state index contributed by atoms with van der Waals surface area (Å²) in [5, 5.41) is 15.2. The van der Waals surface area contributed by atoms with Gasteiger partial charge in [-0.05, 0) is 40.9 Å². The lowest BCUT2D eigenvalue weighted by Crippen LogP contribution is -2.13. The summed E-state index contributed by atoms with van der Waals surface area (Å²) in [5.74, 6) is 0. The van der Waals surface area contributed by atoms with Gasteiger partial charge in [0.25, 0.3) is 0 Å². The van der Waals surface area contributed by atoms with Gasteiger partial charge in [0, 0.05) is 6.42 Å². The summed E-state index contributed by atoms with van der Waals surface area (Å²) in [5.41, 5.74) is 2.23. The number of aliphatic hydroxyl groups is 1. The summed E-state index contributed by atoms with van der Waals surface area (Å²) >= 11 is 3.34. The fraction of sp³-hybridized carbons (Fsp3) is 0.214. The second-order valence-corrected chi connectivity index (χ2v) is 6.16. The number of aromatic nitrogens is 1. The molecule has 0 aliphatic rings. The van der Waals surface area contributed by atoms with E-state index < -0.39 is 0 Å². The number of rotatable bonds is 4. The zero-order valence-electron chi connectivity index (χ0n) is 9.74. The van der Waals surface area contributed by atoms with E-state index in [1.54, 1.807) is 22.7 Å². The molecule has 0 saturated carbocycles. The van der Waals surface area contributed by atoms with Crippen molar-refractivity contribution in [1.29, 1.82) is 0 Å². The number of nitrogens with zero attached hydrogens (tertiary/aromatic N) is 1. The Morgan fingerprint density at radius 1 is 1.17 bits per heavy atom. The van der Waals surface area contributed by atoms with Gasteiger partial charge in [0.2, 0.25) is 0 Å². The minimum atomic E-state index is -0.347. The predicted molar refractivity (Wildman–Crippen MR) is 77.4 cm³/mol. The van der Waals surface area contributed by atoms with Crippen LogP contribution >= 0.6 is 22.7 Å². The average Bonchev–Trinajstić information content (AvgIpc) is 2.96. The molecule has 0 fully saturated rings. The van der Waals surface area contributed by atoms with Gasteiger partial charge < -0.3 is 5.11 Å². The topological polar surface area (TPSA) is 33.1 Å². The molecule has 1 unspecified atom stereocenters. The maximum absolute atomic E-state index is 10.1. The third-order valence-electron chi connectivity index (χ3n) is 2.80. The third-order valence-corrected chi connectivity index (χ3v) is 4.59. The lowest BCUT2D eigenvalue weighted by molar-refractivity contribution is 0.175. The van der Waals surface area contributed by atoms with Crippen molar-refractivity contribution in [2.45, 2.75) is 18.9 Å². The van der Waals surface area contributed by atoms with E-state index in [0.717, 1.165) is 10.5 Å². The quantitative estimate of drug-likeness (QED) is 0.790. The lowest BCUT2D eigenvalue weighted by Gasteiger charge is -2.06. The fourth-order valence-corrected chi connectivity index (χ4v) is 3.68. The molecular weight excluding hydrogens is 262 g/mol. The Morgan fingerprint density at radius 3 is 2.83 bits per heavy atom. The van der Waals surface area contributed by atoms with Crippen molar-refractivity contribution in [1.82, 2.24) is 4.98 Å². The molecule has 3 rings (SSSR count). The summed E-state index contributed by atoms with van der Waals surface area (Å²) in [4.78, 5) is 4.54. The monoisotopic (exact) mass is 275 g/mol. The standard InChI is InChI=1S/C14H13NOS2/c16-11(7-10-5-6-17-9-10)8-14-15-12-3-1-2-4-13(12)18-14/h1-6,9,11,16H,7-8H2. The SMILES string of the molecule is OC(Cc1ccsc1)Cc1nc2ccccc2s1. The first kappa shape index (κ1) is 11.8. The first-order valence-corrected chi connectivity index (χ1v) is 7.61. The molecule has 1 atom stereocenters. The molecule has 4 heteroatoms. The average molecular weight is 275 g/mol. The minimum Gasteiger partial charge on any atom is -0.392 e. The van der Waals surface area contributed by atoms with Gasteiger partial charge in [-0.3, -0.25) is 0 Å². The van der Waals surface area contributed by atoms with Gasteiger partial charge in [0.15, 0.2) is 0 Å². The fourth-order valence-electron chi connectivity index (χ4n) is 1.96. The number of thiazole rings is 1. The third kappa shape index (κ3) is 2.61. The van der Waals surface area contributed by atoms with Crippen molar-refractivity contribution in [3.8, 4) is 0 Å². The van der Waals surface area contributed by atoms with E-state index in [0.29, 0.717) is 12.8 Å². The van der Waals surface area contributed by atoms with E-state index in [2.05, 4.69) is 22.5 Å². The summed E-state index contributed by atoms with van der Waals surface area (Å²) in [6, 6.07) is 10.2. The number of thiophene rings is 1. The molecule has 0 aliphatic heterocycles. The van der Waals surface area contributed by atoms with E-state index in [1.165, 1.54) is 10.3 Å². The lowest BCUT2D eigenvalue weighted by atomic mass is 10.1. The Balaban J connectivity index is 1.71. The Bertz CT molecular complexity index is 597. The summed E-state index contributed by atoms with van der Waals surface area (Å²) in [6.45, 7) is 0. The predicted octanol–water partition coefficient (Wildman–Crippen LogP) is 3.50. The highest BCUT2D eigenvalue weighted by Crippen LogP contribution is 2.23. The molecule has 0 spiro atoms. The highest BCUT2D eigenvalue weighted by Gasteiger charge is 2.11. The number of hydrogen-bond acceptors (Lipinski definition) is 4. The molecule has 3 aromatic rings. The van der Waals surface area contributed by atoms with Crippen molar-refractivity contribution < 1.29 is 5.11 Å². The van der Waals surface area contributed by atoms with Crippen LogP contribution in [-0.2, 0) is 12.8 Å². The Kier molecular flexibility index (Phi) is 3.41. The number of hydrogen-bond donors (Lipinski definition) is 1. The van der Waals surface area contributed by atoms with Crippen LogP contribution in [0.3, 0.4) is 0 Å². The van der Waals surface area contributed by atoms with Gasteiger partial charge >= 0.3 is 0 Å². The Hall–Kier alpha value is -1.23. The molecule has 1 aromatic carbocycles. The van der Waals surface area contributed by atoms with Gasteiger partial charge in [0.1, 0.15) is 0 Å². The molecule has 0 radical (unpaired) electrons. The van der Waals surface area contributed by atoms with Crippen molar-refractivity contribution in [2.24, 2.45) is 0 Å². The van der Waals surface area contributed by atoms with E-state index in [1.807, 2.05) is 23.6 Å². The van der Waals surface area contributed by atoms with Crippen LogP contribution in [0.25, 0.3) is 10.2 Å². The van der Waals surface area contributed by atoms with Crippen LogP contribution in [0.4, 0.5) is 0 Å². The van der Waals surface area contributed by atoms with Gasteiger partial charge in [-0.1, -0.05) is 12.1 Å². The van der Waals surface area contributed by atoms with E-state index in [4.69, 9.17) is 0 Å². The van der Waals surface area contributed by atoms with E-state index in [-0.39, 0.29) is 6.10 Å².